The third-order valence-electron chi connectivity index (χ3n) is 6.95. The summed E-state index contributed by atoms with van der Waals surface area (Å²) >= 11 is 0. The van der Waals surface area contributed by atoms with Crippen molar-refractivity contribution in [1.82, 2.24) is 5.32 Å². The van der Waals surface area contributed by atoms with Crippen molar-refractivity contribution in [3.05, 3.63) is 0 Å². The third kappa shape index (κ3) is 5.40. The van der Waals surface area contributed by atoms with Crippen LogP contribution in [0.4, 0.5) is 0 Å². The monoisotopic (exact) mass is 496 g/mol. The fourth-order valence-electron chi connectivity index (χ4n) is 4.95. The van der Waals surface area contributed by atoms with Crippen LogP contribution in [0.3, 0.4) is 0 Å². The highest BCUT2D eigenvalue weighted by Crippen LogP contribution is 2.32. The first-order chi connectivity index (χ1) is 15.8. The number of hydrogen-bond acceptors (Lipinski definition) is 14. The number of nitrogens with one attached hydrogen (secondary N) is 1. The number of rotatable bonds is 6. The molecule has 3 rings (SSSR count). The lowest BCUT2D eigenvalue weighted by Crippen LogP contribution is -2.69. The van der Waals surface area contributed by atoms with Crippen molar-refractivity contribution in [2.75, 3.05) is 13.7 Å². The predicted octanol–water partition coefficient (Wildman–Crippen LogP) is -5.61. The molecule has 14 heteroatoms. The third-order valence-corrected chi connectivity index (χ3v) is 6.95. The van der Waals surface area contributed by atoms with Crippen LogP contribution in [0.5, 0.6) is 0 Å². The molecule has 14 nitrogen and oxygen atoms in total. The van der Waals surface area contributed by atoms with Gasteiger partial charge in [0.15, 0.2) is 12.6 Å². The van der Waals surface area contributed by atoms with Crippen LogP contribution in [0.25, 0.3) is 0 Å². The molecule has 2 aliphatic heterocycles. The van der Waals surface area contributed by atoms with Crippen LogP contribution in [0.2, 0.25) is 0 Å². The van der Waals surface area contributed by atoms with E-state index in [2.05, 4.69) is 5.32 Å². The molecule has 15 atom stereocenters. The fourth-order valence-corrected chi connectivity index (χ4v) is 4.95. The normalized spacial score (nSPS) is 53.5. The number of ether oxygens (including phenoxy) is 4. The second-order valence-electron chi connectivity index (χ2n) is 9.82. The molecule has 9 unspecified atom stereocenters. The molecule has 1 saturated carbocycles. The van der Waals surface area contributed by atoms with Crippen LogP contribution in [0.15, 0.2) is 0 Å². The van der Waals surface area contributed by atoms with E-state index in [-0.39, 0.29) is 13.0 Å². The molecule has 0 aromatic carbocycles. The van der Waals surface area contributed by atoms with Gasteiger partial charge in [0.2, 0.25) is 0 Å². The molecule has 3 aliphatic rings. The summed E-state index contributed by atoms with van der Waals surface area (Å²) in [6, 6.07) is -3.47. The summed E-state index contributed by atoms with van der Waals surface area (Å²) in [5, 5.41) is 65.2. The Morgan fingerprint density at radius 3 is 2.03 bits per heavy atom. The zero-order valence-electron chi connectivity index (χ0n) is 19.5. The van der Waals surface area contributed by atoms with Crippen molar-refractivity contribution >= 4 is 0 Å². The molecule has 0 radical (unpaired) electrons. The van der Waals surface area contributed by atoms with Gasteiger partial charge in [0.05, 0.1) is 24.8 Å². The second-order valence-corrected chi connectivity index (χ2v) is 9.82. The van der Waals surface area contributed by atoms with Crippen LogP contribution in [-0.4, -0.2) is 135 Å². The van der Waals surface area contributed by atoms with Crippen molar-refractivity contribution in [3.63, 3.8) is 0 Å². The lowest BCUT2D eigenvalue weighted by atomic mass is 9.84. The molecule has 34 heavy (non-hydrogen) atoms. The lowest BCUT2D eigenvalue weighted by molar-refractivity contribution is -0.319. The Balaban J connectivity index is 1.73. The molecule has 0 aromatic rings. The van der Waals surface area contributed by atoms with Gasteiger partial charge in [-0.05, 0) is 27.3 Å². The topological polar surface area (TPSA) is 248 Å². The first-order valence-electron chi connectivity index (χ1n) is 11.4. The predicted molar refractivity (Wildman–Crippen MR) is 116 cm³/mol. The van der Waals surface area contributed by atoms with E-state index in [9.17, 15) is 30.6 Å². The maximum absolute atomic E-state index is 11.1. The Bertz CT molecular complexity index is 675. The van der Waals surface area contributed by atoms with Crippen LogP contribution in [0.1, 0.15) is 20.3 Å². The summed E-state index contributed by atoms with van der Waals surface area (Å²) in [6.07, 6.45) is -12.4. The molecular formula is C20H40N4O10. The average molecular weight is 497 g/mol. The Labute approximate surface area is 197 Å². The van der Waals surface area contributed by atoms with Gasteiger partial charge in [-0.15, -0.1) is 0 Å². The van der Waals surface area contributed by atoms with Crippen molar-refractivity contribution in [2.24, 2.45) is 17.2 Å². The number of aliphatic hydroxyl groups is 6. The molecule has 0 spiro atoms. The van der Waals surface area contributed by atoms with Crippen LogP contribution in [-0.2, 0) is 18.9 Å². The summed E-state index contributed by atoms with van der Waals surface area (Å²) in [7, 11) is 1.58. The van der Waals surface area contributed by atoms with Gasteiger partial charge in [-0.25, -0.2) is 0 Å². The highest BCUT2D eigenvalue weighted by atomic mass is 16.7. The van der Waals surface area contributed by atoms with Gasteiger partial charge in [-0.1, -0.05) is 0 Å². The minimum Gasteiger partial charge on any atom is -0.391 e. The molecule has 3 fully saturated rings. The number of nitrogens with two attached hydrogens (primary N) is 3. The zero-order valence-corrected chi connectivity index (χ0v) is 19.5. The van der Waals surface area contributed by atoms with E-state index >= 15 is 0 Å². The van der Waals surface area contributed by atoms with E-state index < -0.39 is 91.2 Å². The van der Waals surface area contributed by atoms with Crippen molar-refractivity contribution in [2.45, 2.75) is 111 Å². The Kier molecular flexibility index (Phi) is 8.92. The van der Waals surface area contributed by atoms with Gasteiger partial charge >= 0.3 is 0 Å². The molecule has 0 bridgehead atoms. The Morgan fingerprint density at radius 2 is 1.50 bits per heavy atom. The molecule has 0 aromatic heterocycles. The SMILES string of the molecule is CNC1[C@@H](O)C(OC2C(O)[C@H](O[C@H]3OC([C@@H](C)O)[C@@H](O)C(O)C3N)C(N)C[C@H]2N)OCC1(C)O. The van der Waals surface area contributed by atoms with Crippen molar-refractivity contribution in [3.8, 4) is 0 Å². The molecule has 200 valence electrons. The molecule has 0 amide bonds. The molecule has 2 saturated heterocycles. The van der Waals surface area contributed by atoms with Gasteiger partial charge in [-0.3, -0.25) is 0 Å². The standard InChI is InChI=1S/C20H40N4O10/c1-6(25)14-11(27)10(26)9(23)18(32-14)33-15-7(21)4-8(22)16(12(15)28)34-19-13(29)17(24-3)20(2,30)5-31-19/h6-19,24-30H,4-5,21-23H2,1-3H3/t6-,7?,8-,9?,10?,11+,12?,13-,14?,15-,16?,17?,18-,19?,20?/m1/s1. The van der Waals surface area contributed by atoms with E-state index in [1.807, 2.05) is 0 Å². The van der Waals surface area contributed by atoms with E-state index in [0.29, 0.717) is 0 Å². The Morgan fingerprint density at radius 1 is 0.941 bits per heavy atom. The summed E-state index contributed by atoms with van der Waals surface area (Å²) < 4.78 is 22.8. The molecule has 1 aliphatic carbocycles. The lowest BCUT2D eigenvalue weighted by Gasteiger charge is -2.49. The number of likely N-dealkylation sites (N-methyl/N-ethyl adjacent to an activating group) is 1. The van der Waals surface area contributed by atoms with Gasteiger partial charge in [0, 0.05) is 12.1 Å². The van der Waals surface area contributed by atoms with Gasteiger partial charge in [0.1, 0.15) is 48.3 Å². The maximum Gasteiger partial charge on any atom is 0.185 e. The first kappa shape index (κ1) is 28.0. The molecule has 13 N–H and O–H groups in total. The van der Waals surface area contributed by atoms with Gasteiger partial charge in [0.25, 0.3) is 0 Å². The minimum absolute atomic E-state index is 0.135. The summed E-state index contributed by atoms with van der Waals surface area (Å²) in [5.41, 5.74) is 17.0. The highest BCUT2D eigenvalue weighted by molar-refractivity contribution is 5.02. The average Bonchev–Trinajstić information content (AvgIpc) is 2.75. The highest BCUT2D eigenvalue weighted by Gasteiger charge is 2.52. The van der Waals surface area contributed by atoms with Gasteiger partial charge in [-0.2, -0.15) is 0 Å². The maximum atomic E-state index is 11.1. The fraction of sp³-hybridized carbons (Fsp3) is 1.00. The zero-order chi connectivity index (χ0) is 25.5. The smallest absolute Gasteiger partial charge is 0.185 e. The van der Waals surface area contributed by atoms with E-state index in [0.717, 1.165) is 0 Å². The number of hydrogen-bond donors (Lipinski definition) is 10. The van der Waals surface area contributed by atoms with Crippen LogP contribution >= 0.6 is 0 Å². The minimum atomic E-state index is -1.46. The summed E-state index contributed by atoms with van der Waals surface area (Å²) in [4.78, 5) is 0. The van der Waals surface area contributed by atoms with E-state index in [4.69, 9.17) is 36.1 Å². The number of aliphatic hydroxyl groups excluding tert-OH is 5. The van der Waals surface area contributed by atoms with Crippen LogP contribution < -0.4 is 22.5 Å². The quantitative estimate of drug-likeness (QED) is 0.165. The largest absolute Gasteiger partial charge is 0.391 e. The van der Waals surface area contributed by atoms with E-state index in [1.165, 1.54) is 13.8 Å². The van der Waals surface area contributed by atoms with E-state index in [1.54, 1.807) is 7.05 Å². The van der Waals surface area contributed by atoms with Crippen molar-refractivity contribution < 1.29 is 49.6 Å². The summed E-state index contributed by atoms with van der Waals surface area (Å²) in [6.45, 7) is 2.75. The van der Waals surface area contributed by atoms with Crippen LogP contribution in [0, 0.1) is 0 Å². The van der Waals surface area contributed by atoms with Crippen molar-refractivity contribution in [1.29, 1.82) is 0 Å². The summed E-state index contributed by atoms with van der Waals surface area (Å²) in [5.74, 6) is 0. The first-order valence-corrected chi connectivity index (χ1v) is 11.4. The molecular weight excluding hydrogens is 456 g/mol. The van der Waals surface area contributed by atoms with Gasteiger partial charge < -0.3 is 72.1 Å². The second kappa shape index (κ2) is 10.8. The Hall–Kier alpha value is -0.560. The molecule has 2 heterocycles.